The lowest BCUT2D eigenvalue weighted by molar-refractivity contribution is -0.142. The van der Waals surface area contributed by atoms with Crippen molar-refractivity contribution in [2.45, 2.75) is 32.7 Å². The fourth-order valence-corrected chi connectivity index (χ4v) is 1.84. The van der Waals surface area contributed by atoms with E-state index in [9.17, 15) is 9.59 Å². The van der Waals surface area contributed by atoms with Crippen LogP contribution in [0.4, 0.5) is 0 Å². The van der Waals surface area contributed by atoms with Gasteiger partial charge in [0.2, 0.25) is 0 Å². The summed E-state index contributed by atoms with van der Waals surface area (Å²) in [5, 5.41) is 9.03. The minimum absolute atomic E-state index is 0.257. The van der Waals surface area contributed by atoms with Crippen molar-refractivity contribution in [1.82, 2.24) is 4.90 Å². The second-order valence-corrected chi connectivity index (χ2v) is 4.23. The lowest BCUT2D eigenvalue weighted by Crippen LogP contribution is -2.41. The van der Waals surface area contributed by atoms with Crippen LogP contribution in [-0.4, -0.2) is 35.0 Å². The first kappa shape index (κ1) is 14.2. The van der Waals surface area contributed by atoms with Gasteiger partial charge in [-0.2, -0.15) is 0 Å². The monoisotopic (exact) mass is 249 g/mol. The van der Waals surface area contributed by atoms with Gasteiger partial charge in [-0.1, -0.05) is 26.0 Å². The molecule has 18 heavy (non-hydrogen) atoms. The Hall–Kier alpha value is -1.84. The van der Waals surface area contributed by atoms with Crippen LogP contribution in [0.2, 0.25) is 0 Å². The Kier molecular flexibility index (Phi) is 4.89. The van der Waals surface area contributed by atoms with Gasteiger partial charge in [0.15, 0.2) is 0 Å². The van der Waals surface area contributed by atoms with Crippen LogP contribution in [0.5, 0.6) is 0 Å². The third-order valence-electron chi connectivity index (χ3n) is 3.07. The fraction of sp³-hybridized carbons (Fsp3) is 0.429. The highest BCUT2D eigenvalue weighted by Gasteiger charge is 2.25. The molecule has 1 amide bonds. The van der Waals surface area contributed by atoms with Gasteiger partial charge < -0.3 is 10.0 Å². The molecule has 1 atom stereocenters. The SMILES string of the molecule is CCc1ccc(C(=O)N(C)C(CC)C(=O)O)cc1. The number of aliphatic carboxylic acids is 1. The van der Waals surface area contributed by atoms with Gasteiger partial charge in [0.05, 0.1) is 0 Å². The van der Waals surface area contributed by atoms with Crippen molar-refractivity contribution in [2.75, 3.05) is 7.05 Å². The zero-order chi connectivity index (χ0) is 13.7. The lowest BCUT2D eigenvalue weighted by Gasteiger charge is -2.23. The van der Waals surface area contributed by atoms with Crippen LogP contribution in [0.3, 0.4) is 0 Å². The molecule has 0 fully saturated rings. The van der Waals surface area contributed by atoms with Gasteiger partial charge in [0.25, 0.3) is 5.91 Å². The standard InChI is InChI=1S/C14H19NO3/c1-4-10-6-8-11(9-7-10)13(16)15(3)12(5-2)14(17)18/h6-9,12H,4-5H2,1-3H3,(H,17,18). The predicted octanol–water partition coefficient (Wildman–Crippen LogP) is 2.18. The summed E-state index contributed by atoms with van der Waals surface area (Å²) in [5.41, 5.74) is 1.67. The molecule has 1 N–H and O–H groups in total. The van der Waals surface area contributed by atoms with E-state index in [0.29, 0.717) is 12.0 Å². The number of carbonyl (C=O) groups excluding carboxylic acids is 1. The molecule has 1 aromatic rings. The number of carboxylic acid groups (broad SMARTS) is 1. The Morgan fingerprint density at radius 1 is 1.22 bits per heavy atom. The Morgan fingerprint density at radius 2 is 1.78 bits per heavy atom. The normalized spacial score (nSPS) is 11.9. The Morgan fingerprint density at radius 3 is 2.17 bits per heavy atom. The molecule has 0 bridgehead atoms. The number of benzene rings is 1. The molecule has 0 aliphatic carbocycles. The summed E-state index contributed by atoms with van der Waals surface area (Å²) in [6, 6.07) is 6.49. The van der Waals surface area contributed by atoms with Gasteiger partial charge in [-0.3, -0.25) is 4.79 Å². The quantitative estimate of drug-likeness (QED) is 0.870. The van der Waals surface area contributed by atoms with E-state index in [2.05, 4.69) is 0 Å². The van der Waals surface area contributed by atoms with Crippen molar-refractivity contribution in [3.05, 3.63) is 35.4 Å². The van der Waals surface area contributed by atoms with Gasteiger partial charge in [-0.05, 0) is 30.5 Å². The lowest BCUT2D eigenvalue weighted by atomic mass is 10.1. The Bertz CT molecular complexity index is 425. The molecular formula is C14H19NO3. The van der Waals surface area contributed by atoms with Crippen molar-refractivity contribution in [3.63, 3.8) is 0 Å². The van der Waals surface area contributed by atoms with E-state index in [4.69, 9.17) is 5.11 Å². The number of nitrogens with zero attached hydrogens (tertiary/aromatic N) is 1. The average molecular weight is 249 g/mol. The molecule has 1 unspecified atom stereocenters. The molecule has 0 aromatic heterocycles. The van der Waals surface area contributed by atoms with Crippen LogP contribution < -0.4 is 0 Å². The van der Waals surface area contributed by atoms with Crippen molar-refractivity contribution in [2.24, 2.45) is 0 Å². The van der Waals surface area contributed by atoms with E-state index in [1.54, 1.807) is 19.1 Å². The zero-order valence-corrected chi connectivity index (χ0v) is 11.0. The summed E-state index contributed by atoms with van der Waals surface area (Å²) >= 11 is 0. The molecule has 0 saturated heterocycles. The van der Waals surface area contributed by atoms with Gasteiger partial charge >= 0.3 is 5.97 Å². The summed E-state index contributed by atoms with van der Waals surface area (Å²) in [6.45, 7) is 3.79. The van der Waals surface area contributed by atoms with Gasteiger partial charge in [-0.15, -0.1) is 0 Å². The first-order valence-electron chi connectivity index (χ1n) is 6.10. The van der Waals surface area contributed by atoms with E-state index >= 15 is 0 Å². The predicted molar refractivity (Wildman–Crippen MR) is 69.6 cm³/mol. The molecule has 4 heteroatoms. The highest BCUT2D eigenvalue weighted by atomic mass is 16.4. The molecule has 1 rings (SSSR count). The van der Waals surface area contributed by atoms with Gasteiger partial charge in [-0.25, -0.2) is 4.79 Å². The molecule has 98 valence electrons. The molecule has 0 spiro atoms. The van der Waals surface area contributed by atoms with Crippen molar-refractivity contribution >= 4 is 11.9 Å². The third-order valence-corrected chi connectivity index (χ3v) is 3.07. The third kappa shape index (κ3) is 3.09. The van der Waals surface area contributed by atoms with Crippen LogP contribution in [-0.2, 0) is 11.2 Å². The molecule has 1 aromatic carbocycles. The van der Waals surface area contributed by atoms with Crippen LogP contribution in [0, 0.1) is 0 Å². The summed E-state index contributed by atoms with van der Waals surface area (Å²) in [6.07, 6.45) is 1.31. The Balaban J connectivity index is 2.88. The van der Waals surface area contributed by atoms with E-state index in [1.807, 2.05) is 19.1 Å². The molecule has 0 aliphatic rings. The van der Waals surface area contributed by atoms with Crippen LogP contribution in [0.1, 0.15) is 36.2 Å². The fourth-order valence-electron chi connectivity index (χ4n) is 1.84. The number of aryl methyl sites for hydroxylation is 1. The van der Waals surface area contributed by atoms with Crippen molar-refractivity contribution < 1.29 is 14.7 Å². The maximum absolute atomic E-state index is 12.1. The smallest absolute Gasteiger partial charge is 0.326 e. The highest BCUT2D eigenvalue weighted by Crippen LogP contribution is 2.11. The summed E-state index contributed by atoms with van der Waals surface area (Å²) in [4.78, 5) is 24.4. The summed E-state index contributed by atoms with van der Waals surface area (Å²) in [5.74, 6) is -1.23. The van der Waals surface area contributed by atoms with E-state index in [0.717, 1.165) is 12.0 Å². The summed E-state index contributed by atoms with van der Waals surface area (Å²) in [7, 11) is 1.53. The molecule has 0 radical (unpaired) electrons. The maximum Gasteiger partial charge on any atom is 0.326 e. The first-order valence-corrected chi connectivity index (χ1v) is 6.10. The number of carbonyl (C=O) groups is 2. The average Bonchev–Trinajstić information content (AvgIpc) is 2.38. The van der Waals surface area contributed by atoms with Gasteiger partial charge in [0.1, 0.15) is 6.04 Å². The number of likely N-dealkylation sites (N-methyl/N-ethyl adjacent to an activating group) is 1. The van der Waals surface area contributed by atoms with Crippen LogP contribution >= 0.6 is 0 Å². The molecule has 0 saturated carbocycles. The van der Waals surface area contributed by atoms with Crippen LogP contribution in [0.15, 0.2) is 24.3 Å². The summed E-state index contributed by atoms with van der Waals surface area (Å²) < 4.78 is 0. The first-order chi connectivity index (χ1) is 8.51. The van der Waals surface area contributed by atoms with E-state index in [1.165, 1.54) is 11.9 Å². The topological polar surface area (TPSA) is 57.6 Å². The highest BCUT2D eigenvalue weighted by molar-refractivity contribution is 5.96. The largest absolute Gasteiger partial charge is 0.480 e. The molecule has 4 nitrogen and oxygen atoms in total. The Labute approximate surface area is 107 Å². The molecule has 0 aliphatic heterocycles. The number of rotatable bonds is 5. The van der Waals surface area contributed by atoms with Crippen molar-refractivity contribution in [1.29, 1.82) is 0 Å². The molecule has 0 heterocycles. The van der Waals surface area contributed by atoms with E-state index in [-0.39, 0.29) is 5.91 Å². The van der Waals surface area contributed by atoms with E-state index < -0.39 is 12.0 Å². The number of hydrogen-bond acceptors (Lipinski definition) is 2. The van der Waals surface area contributed by atoms with Crippen LogP contribution in [0.25, 0.3) is 0 Å². The second kappa shape index (κ2) is 6.19. The number of amides is 1. The zero-order valence-electron chi connectivity index (χ0n) is 11.0. The second-order valence-electron chi connectivity index (χ2n) is 4.23. The molecular weight excluding hydrogens is 230 g/mol. The number of hydrogen-bond donors (Lipinski definition) is 1. The maximum atomic E-state index is 12.1. The van der Waals surface area contributed by atoms with Gasteiger partial charge in [0, 0.05) is 12.6 Å². The minimum Gasteiger partial charge on any atom is -0.480 e. The minimum atomic E-state index is -0.974. The van der Waals surface area contributed by atoms with Crippen molar-refractivity contribution in [3.8, 4) is 0 Å². The number of carboxylic acids is 1.